The first-order valence-electron chi connectivity index (χ1n) is 10.3. The Labute approximate surface area is 191 Å². The number of carbonyl (C=O) groups is 2. The van der Waals surface area contributed by atoms with E-state index in [0.29, 0.717) is 22.7 Å². The van der Waals surface area contributed by atoms with Gasteiger partial charge in [-0.1, -0.05) is 23.8 Å². The van der Waals surface area contributed by atoms with Crippen molar-refractivity contribution in [2.45, 2.75) is 13.8 Å². The van der Waals surface area contributed by atoms with Gasteiger partial charge in [0.2, 0.25) is 0 Å². The van der Waals surface area contributed by atoms with Crippen molar-refractivity contribution >= 4 is 28.8 Å². The van der Waals surface area contributed by atoms with Crippen molar-refractivity contribution in [2.75, 3.05) is 24.4 Å². The summed E-state index contributed by atoms with van der Waals surface area (Å²) in [5.41, 5.74) is 3.79. The van der Waals surface area contributed by atoms with Crippen molar-refractivity contribution in [2.24, 2.45) is 0 Å². The van der Waals surface area contributed by atoms with Gasteiger partial charge in [0.15, 0.2) is 11.5 Å². The second-order valence-electron chi connectivity index (χ2n) is 7.69. The zero-order chi connectivity index (χ0) is 23.7. The van der Waals surface area contributed by atoms with Crippen LogP contribution in [-0.2, 0) is 9.59 Å². The van der Waals surface area contributed by atoms with Crippen LogP contribution in [0.3, 0.4) is 0 Å². The predicted molar refractivity (Wildman–Crippen MR) is 125 cm³/mol. The quantitative estimate of drug-likeness (QED) is 0.548. The number of hydrogen-bond donors (Lipinski definition) is 1. The van der Waals surface area contributed by atoms with E-state index in [-0.39, 0.29) is 17.0 Å². The summed E-state index contributed by atoms with van der Waals surface area (Å²) >= 11 is 0. The molecule has 0 radical (unpaired) electrons. The minimum absolute atomic E-state index is 0.128. The molecule has 0 bridgehead atoms. The largest absolute Gasteiger partial charge is 0.493 e. The van der Waals surface area contributed by atoms with Crippen LogP contribution in [0.25, 0.3) is 5.57 Å². The number of rotatable bonds is 6. The van der Waals surface area contributed by atoms with Crippen molar-refractivity contribution in [3.8, 4) is 11.5 Å². The molecule has 1 N–H and O–H groups in total. The summed E-state index contributed by atoms with van der Waals surface area (Å²) in [6.07, 6.45) is 0. The lowest BCUT2D eigenvalue weighted by Gasteiger charge is -2.16. The summed E-state index contributed by atoms with van der Waals surface area (Å²) < 4.78 is 24.2. The molecule has 1 aliphatic heterocycles. The summed E-state index contributed by atoms with van der Waals surface area (Å²) in [4.78, 5) is 28.1. The molecule has 6 nitrogen and oxygen atoms in total. The van der Waals surface area contributed by atoms with Gasteiger partial charge in [0.1, 0.15) is 11.5 Å². The summed E-state index contributed by atoms with van der Waals surface area (Å²) in [5, 5.41) is 3.16. The van der Waals surface area contributed by atoms with E-state index in [1.165, 1.54) is 38.5 Å². The number of imide groups is 1. The van der Waals surface area contributed by atoms with Gasteiger partial charge in [0.25, 0.3) is 11.8 Å². The number of aryl methyl sites for hydroxylation is 2. The maximum absolute atomic E-state index is 13.5. The number of halogens is 1. The molecule has 2 amide bonds. The van der Waals surface area contributed by atoms with Gasteiger partial charge in [-0.05, 0) is 67.4 Å². The third-order valence-corrected chi connectivity index (χ3v) is 5.48. The number of methoxy groups -OCH3 is 2. The molecule has 0 saturated carbocycles. The SMILES string of the molecule is COc1ccc(C2=C(Nc3ccc(C)cc3C)C(=O)N(c3ccc(F)cc3)C2=O)cc1OC. The smallest absolute Gasteiger partial charge is 0.282 e. The Bertz CT molecular complexity index is 1280. The van der Waals surface area contributed by atoms with Gasteiger partial charge in [-0.15, -0.1) is 0 Å². The maximum Gasteiger partial charge on any atom is 0.282 e. The average molecular weight is 446 g/mol. The van der Waals surface area contributed by atoms with Crippen LogP contribution in [0.15, 0.2) is 66.4 Å². The van der Waals surface area contributed by atoms with Gasteiger partial charge in [-0.3, -0.25) is 9.59 Å². The highest BCUT2D eigenvalue weighted by Gasteiger charge is 2.40. The molecule has 33 heavy (non-hydrogen) atoms. The summed E-state index contributed by atoms with van der Waals surface area (Å²) in [6.45, 7) is 3.90. The van der Waals surface area contributed by atoms with Crippen LogP contribution in [0.2, 0.25) is 0 Å². The van der Waals surface area contributed by atoms with Crippen molar-refractivity contribution in [1.29, 1.82) is 0 Å². The Morgan fingerprint density at radius 3 is 2.15 bits per heavy atom. The zero-order valence-electron chi connectivity index (χ0n) is 18.7. The molecule has 7 heteroatoms. The zero-order valence-corrected chi connectivity index (χ0v) is 18.7. The molecule has 1 aliphatic rings. The number of nitrogens with zero attached hydrogens (tertiary/aromatic N) is 1. The Kier molecular flexibility index (Phi) is 5.87. The first-order chi connectivity index (χ1) is 15.8. The molecule has 1 heterocycles. The van der Waals surface area contributed by atoms with Crippen molar-refractivity contribution in [1.82, 2.24) is 0 Å². The van der Waals surface area contributed by atoms with Crippen LogP contribution < -0.4 is 19.7 Å². The van der Waals surface area contributed by atoms with Crippen LogP contribution in [-0.4, -0.2) is 26.0 Å². The number of nitrogens with one attached hydrogen (secondary N) is 1. The first-order valence-corrected chi connectivity index (χ1v) is 10.3. The minimum Gasteiger partial charge on any atom is -0.493 e. The molecule has 0 atom stereocenters. The fourth-order valence-electron chi connectivity index (χ4n) is 3.82. The Balaban J connectivity index is 1.86. The third kappa shape index (κ3) is 4.05. The fourth-order valence-corrected chi connectivity index (χ4v) is 3.82. The van der Waals surface area contributed by atoms with Crippen LogP contribution in [0, 0.1) is 19.7 Å². The maximum atomic E-state index is 13.5. The van der Waals surface area contributed by atoms with E-state index < -0.39 is 17.6 Å². The molecule has 0 aliphatic carbocycles. The molecule has 0 spiro atoms. The third-order valence-electron chi connectivity index (χ3n) is 5.48. The molecule has 3 aromatic carbocycles. The highest BCUT2D eigenvalue weighted by molar-refractivity contribution is 6.46. The average Bonchev–Trinajstić information content (AvgIpc) is 3.05. The van der Waals surface area contributed by atoms with E-state index in [1.54, 1.807) is 18.2 Å². The molecule has 4 rings (SSSR count). The number of carbonyl (C=O) groups excluding carboxylic acids is 2. The van der Waals surface area contributed by atoms with Gasteiger partial charge in [-0.25, -0.2) is 9.29 Å². The number of ether oxygens (including phenoxy) is 2. The molecule has 0 aromatic heterocycles. The minimum atomic E-state index is -0.531. The predicted octanol–water partition coefficient (Wildman–Crippen LogP) is 4.86. The highest BCUT2D eigenvalue weighted by Crippen LogP contribution is 2.37. The molecule has 168 valence electrons. The van der Waals surface area contributed by atoms with E-state index in [0.717, 1.165) is 16.0 Å². The Morgan fingerprint density at radius 2 is 1.52 bits per heavy atom. The fraction of sp³-hybridized carbons (Fsp3) is 0.154. The van der Waals surface area contributed by atoms with Gasteiger partial charge < -0.3 is 14.8 Å². The van der Waals surface area contributed by atoms with Gasteiger partial charge in [-0.2, -0.15) is 0 Å². The topological polar surface area (TPSA) is 67.9 Å². The summed E-state index contributed by atoms with van der Waals surface area (Å²) in [7, 11) is 3.02. The van der Waals surface area contributed by atoms with E-state index in [9.17, 15) is 14.0 Å². The molecule has 0 fully saturated rings. The van der Waals surface area contributed by atoms with Crippen LogP contribution in [0.1, 0.15) is 16.7 Å². The lowest BCUT2D eigenvalue weighted by Crippen LogP contribution is -2.32. The lowest BCUT2D eigenvalue weighted by molar-refractivity contribution is -0.120. The van der Waals surface area contributed by atoms with Gasteiger partial charge in [0.05, 0.1) is 25.5 Å². The van der Waals surface area contributed by atoms with Gasteiger partial charge >= 0.3 is 0 Å². The van der Waals surface area contributed by atoms with Crippen LogP contribution >= 0.6 is 0 Å². The molecular weight excluding hydrogens is 423 g/mol. The summed E-state index contributed by atoms with van der Waals surface area (Å²) in [5.74, 6) is -0.589. The highest BCUT2D eigenvalue weighted by atomic mass is 19.1. The van der Waals surface area contributed by atoms with Crippen LogP contribution in [0.5, 0.6) is 11.5 Å². The lowest BCUT2D eigenvalue weighted by atomic mass is 10.0. The Morgan fingerprint density at radius 1 is 0.818 bits per heavy atom. The summed E-state index contributed by atoms with van der Waals surface area (Å²) in [6, 6.07) is 16.0. The number of hydrogen-bond acceptors (Lipinski definition) is 5. The molecule has 0 unspecified atom stereocenters. The van der Waals surface area contributed by atoms with Crippen molar-refractivity contribution in [3.05, 3.63) is 88.9 Å². The molecule has 0 saturated heterocycles. The second-order valence-corrected chi connectivity index (χ2v) is 7.69. The molecule has 3 aromatic rings. The van der Waals surface area contributed by atoms with Crippen molar-refractivity contribution < 1.29 is 23.5 Å². The van der Waals surface area contributed by atoms with E-state index in [1.807, 2.05) is 32.0 Å². The monoisotopic (exact) mass is 446 g/mol. The Hall–Kier alpha value is -4.13. The number of anilines is 2. The second kappa shape index (κ2) is 8.78. The van der Waals surface area contributed by atoms with Gasteiger partial charge in [0, 0.05) is 5.69 Å². The molecular formula is C26H23FN2O4. The normalized spacial score (nSPS) is 13.5. The standard InChI is InChI=1S/C26H23FN2O4/c1-15-5-11-20(16(2)13-15)28-24-23(17-6-12-21(32-3)22(14-17)33-4)25(30)29(26(24)31)19-9-7-18(27)8-10-19/h5-14,28H,1-4H3. The number of amides is 2. The van der Waals surface area contributed by atoms with E-state index in [4.69, 9.17) is 9.47 Å². The van der Waals surface area contributed by atoms with Crippen LogP contribution in [0.4, 0.5) is 15.8 Å². The first kappa shape index (κ1) is 22.1. The van der Waals surface area contributed by atoms with E-state index in [2.05, 4.69) is 5.32 Å². The number of benzene rings is 3. The van der Waals surface area contributed by atoms with Crippen molar-refractivity contribution in [3.63, 3.8) is 0 Å². The van der Waals surface area contributed by atoms with E-state index >= 15 is 0 Å².